The number of fused-ring (bicyclic) bond motifs is 1. The molecule has 2 unspecified atom stereocenters. The first-order valence-corrected chi connectivity index (χ1v) is 8.20. The smallest absolute Gasteiger partial charge is 0.151 e. The number of benzene rings is 1. The lowest BCUT2D eigenvalue weighted by atomic mass is 10.0. The van der Waals surface area contributed by atoms with Crippen molar-refractivity contribution in [3.05, 3.63) is 24.3 Å². The van der Waals surface area contributed by atoms with Gasteiger partial charge in [0.1, 0.15) is 0 Å². The molecule has 2 aromatic rings. The summed E-state index contributed by atoms with van der Waals surface area (Å²) in [6.45, 7) is 4.55. The molecule has 1 N–H and O–H groups in total. The Bertz CT molecular complexity index is 462. The molecule has 0 bridgehead atoms. The Balaban J connectivity index is 2.00. The van der Waals surface area contributed by atoms with Crippen LogP contribution in [-0.4, -0.2) is 23.8 Å². The topological polar surface area (TPSA) is 24.9 Å². The summed E-state index contributed by atoms with van der Waals surface area (Å²) >= 11 is 3.66. The molecule has 2 nitrogen and oxygen atoms in total. The number of para-hydroxylation sites is 1. The van der Waals surface area contributed by atoms with E-state index >= 15 is 0 Å². The lowest BCUT2D eigenvalue weighted by Gasteiger charge is -2.21. The van der Waals surface area contributed by atoms with Gasteiger partial charge in [-0.05, 0) is 25.1 Å². The summed E-state index contributed by atoms with van der Waals surface area (Å²) in [6.07, 6.45) is 1.21. The van der Waals surface area contributed by atoms with Gasteiger partial charge in [-0.15, -0.1) is 11.3 Å². The molecule has 1 aromatic carbocycles. The molecule has 0 aliphatic carbocycles. The van der Waals surface area contributed by atoms with Gasteiger partial charge in [0.15, 0.2) is 4.34 Å². The zero-order valence-corrected chi connectivity index (χ0v) is 12.8. The average molecular weight is 280 g/mol. The quantitative estimate of drug-likeness (QED) is 0.809. The Morgan fingerprint density at radius 3 is 2.83 bits per heavy atom. The molecular formula is C14H20N2S2. The number of rotatable bonds is 6. The van der Waals surface area contributed by atoms with Gasteiger partial charge in [0.25, 0.3) is 0 Å². The first kappa shape index (κ1) is 13.8. The van der Waals surface area contributed by atoms with Crippen molar-refractivity contribution in [3.63, 3.8) is 0 Å². The standard InChI is InChI=1S/C14H20N2S2/c1-4-10(2)12(15-3)9-17-14-16-11-7-5-6-8-13(11)18-14/h5-8,10,12,15H,4,9H2,1-3H3. The van der Waals surface area contributed by atoms with Crippen molar-refractivity contribution in [1.29, 1.82) is 0 Å². The van der Waals surface area contributed by atoms with Crippen LogP contribution in [-0.2, 0) is 0 Å². The molecule has 4 heteroatoms. The Kier molecular flexibility index (Phi) is 5.03. The molecule has 2 rings (SSSR count). The van der Waals surface area contributed by atoms with E-state index in [0.717, 1.165) is 11.3 Å². The van der Waals surface area contributed by atoms with Gasteiger partial charge < -0.3 is 5.32 Å². The molecule has 18 heavy (non-hydrogen) atoms. The number of hydrogen-bond acceptors (Lipinski definition) is 4. The van der Waals surface area contributed by atoms with Crippen LogP contribution in [0.15, 0.2) is 28.6 Å². The van der Waals surface area contributed by atoms with E-state index in [2.05, 4.69) is 49.4 Å². The van der Waals surface area contributed by atoms with Gasteiger partial charge in [0.2, 0.25) is 0 Å². The molecule has 1 aromatic heterocycles. The highest BCUT2D eigenvalue weighted by Gasteiger charge is 2.15. The van der Waals surface area contributed by atoms with E-state index in [0.29, 0.717) is 12.0 Å². The van der Waals surface area contributed by atoms with Crippen LogP contribution < -0.4 is 5.32 Å². The maximum atomic E-state index is 4.66. The van der Waals surface area contributed by atoms with Crippen molar-refractivity contribution in [1.82, 2.24) is 10.3 Å². The SMILES string of the molecule is CCC(C)C(CSc1nc2ccccc2s1)NC. The fraction of sp³-hybridized carbons (Fsp3) is 0.500. The Morgan fingerprint density at radius 2 is 2.17 bits per heavy atom. The average Bonchev–Trinajstić information content (AvgIpc) is 2.81. The van der Waals surface area contributed by atoms with Crippen LogP contribution in [0, 0.1) is 5.92 Å². The number of thiazole rings is 1. The second-order valence-corrected chi connectivity index (χ2v) is 6.84. The minimum atomic E-state index is 0.562. The van der Waals surface area contributed by atoms with E-state index < -0.39 is 0 Å². The van der Waals surface area contributed by atoms with Gasteiger partial charge in [-0.2, -0.15) is 0 Å². The monoisotopic (exact) mass is 280 g/mol. The first-order chi connectivity index (χ1) is 8.74. The van der Waals surface area contributed by atoms with Crippen molar-refractivity contribution in [2.45, 2.75) is 30.6 Å². The number of hydrogen-bond donors (Lipinski definition) is 1. The van der Waals surface area contributed by atoms with E-state index in [4.69, 9.17) is 0 Å². The summed E-state index contributed by atoms with van der Waals surface area (Å²) in [4.78, 5) is 4.66. The Morgan fingerprint density at radius 1 is 1.39 bits per heavy atom. The third-order valence-corrected chi connectivity index (χ3v) is 5.66. The Hall–Kier alpha value is -0.580. The first-order valence-electron chi connectivity index (χ1n) is 6.40. The van der Waals surface area contributed by atoms with Crippen LogP contribution in [0.1, 0.15) is 20.3 Å². The second kappa shape index (κ2) is 6.55. The highest BCUT2D eigenvalue weighted by Crippen LogP contribution is 2.30. The van der Waals surface area contributed by atoms with Gasteiger partial charge in [-0.3, -0.25) is 0 Å². The fourth-order valence-corrected chi connectivity index (χ4v) is 4.28. The highest BCUT2D eigenvalue weighted by atomic mass is 32.2. The van der Waals surface area contributed by atoms with E-state index in [1.807, 2.05) is 17.8 Å². The van der Waals surface area contributed by atoms with Gasteiger partial charge in [0, 0.05) is 11.8 Å². The minimum absolute atomic E-state index is 0.562. The summed E-state index contributed by atoms with van der Waals surface area (Å²) in [7, 11) is 2.05. The van der Waals surface area contributed by atoms with Crippen molar-refractivity contribution >= 4 is 33.3 Å². The van der Waals surface area contributed by atoms with Crippen LogP contribution in [0.2, 0.25) is 0 Å². The number of aromatic nitrogens is 1. The zero-order chi connectivity index (χ0) is 13.0. The van der Waals surface area contributed by atoms with Gasteiger partial charge in [-0.25, -0.2) is 4.98 Å². The summed E-state index contributed by atoms with van der Waals surface area (Å²) in [6, 6.07) is 8.91. The zero-order valence-electron chi connectivity index (χ0n) is 11.1. The van der Waals surface area contributed by atoms with E-state index in [1.54, 1.807) is 11.3 Å². The molecule has 0 amide bonds. The molecule has 98 valence electrons. The molecule has 0 spiro atoms. The number of nitrogens with zero attached hydrogens (tertiary/aromatic N) is 1. The predicted molar refractivity (Wildman–Crippen MR) is 82.6 cm³/mol. The highest BCUT2D eigenvalue weighted by molar-refractivity contribution is 8.01. The van der Waals surface area contributed by atoms with Crippen LogP contribution in [0.5, 0.6) is 0 Å². The molecule has 0 saturated carbocycles. The van der Waals surface area contributed by atoms with E-state index in [-0.39, 0.29) is 0 Å². The lowest BCUT2D eigenvalue weighted by Crippen LogP contribution is -2.34. The van der Waals surface area contributed by atoms with Crippen molar-refractivity contribution in [3.8, 4) is 0 Å². The predicted octanol–water partition coefficient (Wildman–Crippen LogP) is 4.02. The van der Waals surface area contributed by atoms with Crippen LogP contribution >= 0.6 is 23.1 Å². The van der Waals surface area contributed by atoms with Gasteiger partial charge >= 0.3 is 0 Å². The molecule has 0 fully saturated rings. The molecule has 2 atom stereocenters. The second-order valence-electron chi connectivity index (χ2n) is 4.54. The summed E-state index contributed by atoms with van der Waals surface area (Å²) < 4.78 is 2.46. The molecule has 1 heterocycles. The van der Waals surface area contributed by atoms with Crippen LogP contribution in [0.3, 0.4) is 0 Å². The maximum absolute atomic E-state index is 4.66. The Labute approximate surface area is 117 Å². The molecular weight excluding hydrogens is 260 g/mol. The lowest BCUT2D eigenvalue weighted by molar-refractivity contribution is 0.420. The van der Waals surface area contributed by atoms with Crippen LogP contribution in [0.25, 0.3) is 10.2 Å². The maximum Gasteiger partial charge on any atom is 0.151 e. The fourth-order valence-electron chi connectivity index (χ4n) is 1.89. The molecule has 0 radical (unpaired) electrons. The van der Waals surface area contributed by atoms with Crippen molar-refractivity contribution in [2.75, 3.05) is 12.8 Å². The van der Waals surface area contributed by atoms with E-state index in [1.165, 1.54) is 15.5 Å². The number of nitrogens with one attached hydrogen (secondary N) is 1. The summed E-state index contributed by atoms with van der Waals surface area (Å²) in [5, 5.41) is 3.41. The van der Waals surface area contributed by atoms with Crippen molar-refractivity contribution < 1.29 is 0 Å². The normalized spacial score (nSPS) is 14.8. The third kappa shape index (κ3) is 3.25. The van der Waals surface area contributed by atoms with Crippen LogP contribution in [0.4, 0.5) is 0 Å². The van der Waals surface area contributed by atoms with Gasteiger partial charge in [-0.1, -0.05) is 44.2 Å². The molecule has 0 aliphatic rings. The number of thioether (sulfide) groups is 1. The van der Waals surface area contributed by atoms with E-state index in [9.17, 15) is 0 Å². The largest absolute Gasteiger partial charge is 0.316 e. The summed E-state index contributed by atoms with van der Waals surface area (Å²) in [5.41, 5.74) is 1.12. The molecule has 0 saturated heterocycles. The third-order valence-electron chi connectivity index (χ3n) is 3.36. The minimum Gasteiger partial charge on any atom is -0.316 e. The summed E-state index contributed by atoms with van der Waals surface area (Å²) in [5.74, 6) is 1.79. The van der Waals surface area contributed by atoms with Crippen molar-refractivity contribution in [2.24, 2.45) is 5.92 Å². The molecule has 0 aliphatic heterocycles. The van der Waals surface area contributed by atoms with Gasteiger partial charge in [0.05, 0.1) is 10.2 Å².